The summed E-state index contributed by atoms with van der Waals surface area (Å²) in [5.74, 6) is -1.60. The molecule has 0 unspecified atom stereocenters. The van der Waals surface area contributed by atoms with Gasteiger partial charge < -0.3 is 14.5 Å². The molecule has 0 saturated carbocycles. The van der Waals surface area contributed by atoms with Crippen LogP contribution in [0.25, 0.3) is 21.2 Å². The maximum Gasteiger partial charge on any atom is 0.437 e. The van der Waals surface area contributed by atoms with E-state index in [1.165, 1.54) is 34.0 Å². The number of carbonyl (C=O) groups excluding carboxylic acids is 2. The van der Waals surface area contributed by atoms with Gasteiger partial charge in [-0.3, -0.25) is 4.79 Å². The highest BCUT2D eigenvalue weighted by atomic mass is 32.1. The number of aromatic nitrogens is 2. The molecule has 0 bridgehead atoms. The summed E-state index contributed by atoms with van der Waals surface area (Å²) in [6.45, 7) is 1.59. The fraction of sp³-hybridized carbons (Fsp3) is 0.158. The lowest BCUT2D eigenvalue weighted by atomic mass is 10.1. The fourth-order valence-electron chi connectivity index (χ4n) is 2.68. The van der Waals surface area contributed by atoms with Gasteiger partial charge in [-0.2, -0.15) is 4.68 Å². The van der Waals surface area contributed by atoms with Crippen LogP contribution in [0.2, 0.25) is 0 Å². The summed E-state index contributed by atoms with van der Waals surface area (Å²) >= 11 is 4.08. The Morgan fingerprint density at radius 1 is 1.17 bits per heavy atom. The van der Waals surface area contributed by atoms with Crippen LogP contribution in [-0.4, -0.2) is 28.3 Å². The quantitative estimate of drug-likeness (QED) is 0.414. The van der Waals surface area contributed by atoms with Gasteiger partial charge in [-0.15, -0.1) is 39.1 Å². The highest BCUT2D eigenvalue weighted by Gasteiger charge is 2.24. The molecular formula is C19H15N3O5S3. The lowest BCUT2D eigenvalue weighted by Gasteiger charge is -2.07. The van der Waals surface area contributed by atoms with Crippen LogP contribution in [0.4, 0.5) is 5.00 Å². The van der Waals surface area contributed by atoms with Crippen molar-refractivity contribution < 1.29 is 18.7 Å². The smallest absolute Gasteiger partial charge is 0.437 e. The van der Waals surface area contributed by atoms with Crippen molar-refractivity contribution in [1.29, 1.82) is 0 Å². The van der Waals surface area contributed by atoms with Crippen LogP contribution in [0.1, 0.15) is 17.3 Å². The Morgan fingerprint density at radius 3 is 2.57 bits per heavy atom. The second-order valence-electron chi connectivity index (χ2n) is 5.91. The number of hydrogen-bond acceptors (Lipinski definition) is 9. The van der Waals surface area contributed by atoms with Crippen molar-refractivity contribution >= 4 is 50.9 Å². The molecule has 4 heterocycles. The Morgan fingerprint density at radius 2 is 1.90 bits per heavy atom. The molecule has 0 aliphatic heterocycles. The minimum Gasteiger partial charge on any atom is -0.462 e. The van der Waals surface area contributed by atoms with Gasteiger partial charge in [0.2, 0.25) is 5.91 Å². The molecule has 0 spiro atoms. The number of nitrogens with one attached hydrogen (secondary N) is 1. The number of nitrogens with zero attached hydrogens (tertiary/aromatic N) is 2. The Balaban J connectivity index is 1.56. The summed E-state index contributed by atoms with van der Waals surface area (Å²) in [4.78, 5) is 38.7. The van der Waals surface area contributed by atoms with Crippen LogP contribution >= 0.6 is 34.0 Å². The monoisotopic (exact) mass is 461 g/mol. The van der Waals surface area contributed by atoms with E-state index in [2.05, 4.69) is 10.4 Å². The lowest BCUT2D eigenvalue weighted by Crippen LogP contribution is -2.26. The number of thiophene rings is 3. The van der Waals surface area contributed by atoms with Crippen molar-refractivity contribution in [1.82, 2.24) is 9.78 Å². The number of esters is 1. The molecule has 4 aromatic heterocycles. The van der Waals surface area contributed by atoms with Gasteiger partial charge in [0.25, 0.3) is 5.89 Å². The number of carbonyl (C=O) groups is 2. The van der Waals surface area contributed by atoms with E-state index in [1.807, 2.05) is 29.0 Å². The Hall–Kier alpha value is -3.02. The Bertz CT molecular complexity index is 1220. The summed E-state index contributed by atoms with van der Waals surface area (Å²) in [6.07, 6.45) is 0. The zero-order chi connectivity index (χ0) is 21.1. The minimum absolute atomic E-state index is 0.158. The molecule has 0 aromatic carbocycles. The summed E-state index contributed by atoms with van der Waals surface area (Å²) in [6, 6.07) is 7.35. The first-order chi connectivity index (χ1) is 14.6. The van der Waals surface area contributed by atoms with E-state index >= 15 is 0 Å². The first-order valence-electron chi connectivity index (χ1n) is 8.81. The van der Waals surface area contributed by atoms with E-state index in [9.17, 15) is 14.4 Å². The van der Waals surface area contributed by atoms with Crippen molar-refractivity contribution in [2.24, 2.45) is 0 Å². The van der Waals surface area contributed by atoms with Gasteiger partial charge in [-0.05, 0) is 29.8 Å². The summed E-state index contributed by atoms with van der Waals surface area (Å²) in [5.41, 5.74) is 0.992. The van der Waals surface area contributed by atoms with Crippen LogP contribution in [-0.2, 0) is 16.1 Å². The minimum atomic E-state index is -0.732. The highest BCUT2D eigenvalue weighted by molar-refractivity contribution is 7.17. The number of anilines is 1. The number of amides is 1. The van der Waals surface area contributed by atoms with Crippen molar-refractivity contribution in [2.75, 3.05) is 11.9 Å². The van der Waals surface area contributed by atoms with E-state index in [4.69, 9.17) is 9.15 Å². The van der Waals surface area contributed by atoms with Crippen LogP contribution in [0.3, 0.4) is 0 Å². The molecule has 0 radical (unpaired) electrons. The van der Waals surface area contributed by atoms with Gasteiger partial charge in [0.15, 0.2) is 0 Å². The van der Waals surface area contributed by atoms with Gasteiger partial charge in [-0.25, -0.2) is 9.59 Å². The van der Waals surface area contributed by atoms with Gasteiger partial charge >= 0.3 is 11.7 Å². The Labute approximate surface area is 182 Å². The summed E-state index contributed by atoms with van der Waals surface area (Å²) < 4.78 is 11.2. The number of hydrogen-bond donors (Lipinski definition) is 1. The van der Waals surface area contributed by atoms with Crippen LogP contribution in [0, 0.1) is 0 Å². The van der Waals surface area contributed by atoms with Gasteiger partial charge in [0, 0.05) is 15.8 Å². The van der Waals surface area contributed by atoms with Crippen molar-refractivity contribution in [3.8, 4) is 21.2 Å². The fourth-order valence-corrected chi connectivity index (χ4v) is 5.11. The third-order valence-electron chi connectivity index (χ3n) is 3.94. The van der Waals surface area contributed by atoms with Crippen LogP contribution in [0.15, 0.2) is 49.6 Å². The molecule has 8 nitrogen and oxygen atoms in total. The predicted molar refractivity (Wildman–Crippen MR) is 116 cm³/mol. The largest absolute Gasteiger partial charge is 0.462 e. The average Bonchev–Trinajstić information content (AvgIpc) is 3.50. The van der Waals surface area contributed by atoms with E-state index in [1.54, 1.807) is 18.4 Å². The molecule has 0 aliphatic rings. The predicted octanol–water partition coefficient (Wildman–Crippen LogP) is 4.17. The van der Waals surface area contributed by atoms with E-state index in [0.717, 1.165) is 9.56 Å². The third kappa shape index (κ3) is 4.13. The van der Waals surface area contributed by atoms with Crippen molar-refractivity contribution in [2.45, 2.75) is 13.5 Å². The molecule has 1 N–H and O–H groups in total. The first-order valence-corrected chi connectivity index (χ1v) is 11.4. The highest BCUT2D eigenvalue weighted by Crippen LogP contribution is 2.38. The third-order valence-corrected chi connectivity index (χ3v) is 6.60. The number of rotatable bonds is 7. The molecule has 30 heavy (non-hydrogen) atoms. The maximum absolute atomic E-state index is 12.6. The van der Waals surface area contributed by atoms with Gasteiger partial charge in [0.1, 0.15) is 17.1 Å². The molecule has 0 atom stereocenters. The molecule has 0 aliphatic carbocycles. The second-order valence-corrected chi connectivity index (χ2v) is 8.68. The molecule has 4 aromatic rings. The van der Waals surface area contributed by atoms with E-state index < -0.39 is 17.6 Å². The molecule has 1 amide bonds. The van der Waals surface area contributed by atoms with Crippen LogP contribution < -0.4 is 11.1 Å². The molecule has 4 rings (SSSR count). The van der Waals surface area contributed by atoms with Crippen molar-refractivity contribution in [3.63, 3.8) is 0 Å². The second kappa shape index (κ2) is 8.78. The van der Waals surface area contributed by atoms with E-state index in [0.29, 0.717) is 21.0 Å². The summed E-state index contributed by atoms with van der Waals surface area (Å²) in [5, 5.41) is 12.7. The maximum atomic E-state index is 12.6. The molecule has 0 fully saturated rings. The normalized spacial score (nSPS) is 10.8. The zero-order valence-electron chi connectivity index (χ0n) is 15.6. The van der Waals surface area contributed by atoms with Gasteiger partial charge in [0.05, 0.1) is 11.5 Å². The topological polar surface area (TPSA) is 103 Å². The van der Waals surface area contributed by atoms with Gasteiger partial charge in [-0.1, -0.05) is 12.1 Å². The molecule has 0 saturated heterocycles. The standard InChI is InChI=1S/C19H15N3O5S3/c1-2-26-18(24)15-11(12-5-3-7-28-12)10-30-17(15)20-14(23)9-22-19(25)27-16(21-22)13-6-4-8-29-13/h3-8,10H,2,9H2,1H3,(H,20,23). The van der Waals surface area contributed by atoms with Crippen LogP contribution in [0.5, 0.6) is 0 Å². The lowest BCUT2D eigenvalue weighted by molar-refractivity contribution is -0.117. The molecular weight excluding hydrogens is 446 g/mol. The molecule has 154 valence electrons. The SMILES string of the molecule is CCOC(=O)c1c(-c2cccs2)csc1NC(=O)Cn1nc(-c2cccs2)oc1=O. The first kappa shape index (κ1) is 20.3. The molecule has 11 heteroatoms. The Kier molecular flexibility index (Phi) is 5.93. The number of ether oxygens (including phenoxy) is 1. The zero-order valence-corrected chi connectivity index (χ0v) is 18.1. The van der Waals surface area contributed by atoms with Crippen molar-refractivity contribution in [3.05, 3.63) is 56.5 Å². The summed E-state index contributed by atoms with van der Waals surface area (Å²) in [7, 11) is 0. The van der Waals surface area contributed by atoms with E-state index in [-0.39, 0.29) is 19.0 Å². The average molecular weight is 462 g/mol.